The number of non-ortho nitro benzene ring substituents is 1. The molecule has 20 heavy (non-hydrogen) atoms. The number of carboxylic acid groups (broad SMARTS) is 1. The number of anilines is 1. The Morgan fingerprint density at radius 1 is 1.55 bits per heavy atom. The van der Waals surface area contributed by atoms with E-state index in [2.05, 4.69) is 10.3 Å². The molecule has 0 aliphatic rings. The first-order valence-electron chi connectivity index (χ1n) is 5.68. The summed E-state index contributed by atoms with van der Waals surface area (Å²) in [6.07, 6.45) is 1.18. The summed E-state index contributed by atoms with van der Waals surface area (Å²) in [5.74, 6) is -1.87. The second-order valence-corrected chi connectivity index (χ2v) is 3.98. The molecule has 0 spiro atoms. The number of halogens is 1. The smallest absolute Gasteiger partial charge is 0.305 e. The number of carbonyl (C=O) groups is 1. The van der Waals surface area contributed by atoms with E-state index in [-0.39, 0.29) is 35.2 Å². The van der Waals surface area contributed by atoms with E-state index < -0.39 is 16.7 Å². The quantitative estimate of drug-likeness (QED) is 0.641. The van der Waals surface area contributed by atoms with Crippen molar-refractivity contribution in [2.45, 2.75) is 6.42 Å². The lowest BCUT2D eigenvalue weighted by molar-refractivity contribution is -0.383. The van der Waals surface area contributed by atoms with Crippen molar-refractivity contribution in [1.82, 2.24) is 4.98 Å². The highest BCUT2D eigenvalue weighted by Gasteiger charge is 2.19. The maximum Gasteiger partial charge on any atom is 0.305 e. The Balaban J connectivity index is 2.49. The summed E-state index contributed by atoms with van der Waals surface area (Å²) >= 11 is 0. The molecule has 0 saturated heterocycles. The molecule has 0 bridgehead atoms. The lowest BCUT2D eigenvalue weighted by Crippen LogP contribution is -2.09. The highest BCUT2D eigenvalue weighted by molar-refractivity contribution is 5.97. The molecular formula is C12H10FN3O4. The van der Waals surface area contributed by atoms with E-state index in [1.807, 2.05) is 0 Å². The fourth-order valence-electron chi connectivity index (χ4n) is 1.81. The second-order valence-electron chi connectivity index (χ2n) is 3.98. The van der Waals surface area contributed by atoms with Gasteiger partial charge in [-0.2, -0.15) is 0 Å². The van der Waals surface area contributed by atoms with Gasteiger partial charge in [0.1, 0.15) is 5.52 Å². The lowest BCUT2D eigenvalue weighted by Gasteiger charge is -2.09. The second kappa shape index (κ2) is 5.47. The maximum atomic E-state index is 13.9. The molecule has 2 aromatic rings. The van der Waals surface area contributed by atoms with Gasteiger partial charge in [0.2, 0.25) is 0 Å². The van der Waals surface area contributed by atoms with E-state index in [4.69, 9.17) is 5.11 Å². The number of aliphatic carboxylic acids is 1. The van der Waals surface area contributed by atoms with Crippen LogP contribution in [-0.2, 0) is 4.79 Å². The summed E-state index contributed by atoms with van der Waals surface area (Å²) in [7, 11) is 0. The molecule has 0 fully saturated rings. The predicted molar refractivity (Wildman–Crippen MR) is 69.1 cm³/mol. The van der Waals surface area contributed by atoms with Crippen molar-refractivity contribution in [1.29, 1.82) is 0 Å². The van der Waals surface area contributed by atoms with Gasteiger partial charge in [0, 0.05) is 12.7 Å². The molecule has 0 unspecified atom stereocenters. The molecule has 0 saturated carbocycles. The van der Waals surface area contributed by atoms with Crippen molar-refractivity contribution >= 4 is 28.2 Å². The van der Waals surface area contributed by atoms with Gasteiger partial charge in [0.05, 0.1) is 28.5 Å². The summed E-state index contributed by atoms with van der Waals surface area (Å²) in [5.41, 5.74) is -0.313. The maximum absolute atomic E-state index is 13.9. The Morgan fingerprint density at radius 3 is 2.95 bits per heavy atom. The van der Waals surface area contributed by atoms with Crippen LogP contribution in [0.5, 0.6) is 0 Å². The van der Waals surface area contributed by atoms with Gasteiger partial charge in [-0.05, 0) is 12.1 Å². The van der Waals surface area contributed by atoms with Gasteiger partial charge in [-0.25, -0.2) is 4.39 Å². The molecule has 1 aromatic heterocycles. The van der Waals surface area contributed by atoms with Gasteiger partial charge in [-0.3, -0.25) is 19.9 Å². The van der Waals surface area contributed by atoms with Gasteiger partial charge >= 0.3 is 5.97 Å². The molecular weight excluding hydrogens is 269 g/mol. The van der Waals surface area contributed by atoms with Crippen LogP contribution in [0.1, 0.15) is 6.42 Å². The average Bonchev–Trinajstić information content (AvgIpc) is 2.40. The van der Waals surface area contributed by atoms with Crippen LogP contribution in [0.25, 0.3) is 10.9 Å². The SMILES string of the molecule is O=C(O)CCNc1c(F)cc([N+](=O)[O-])c2cccnc12. The van der Waals surface area contributed by atoms with Crippen LogP contribution in [0.3, 0.4) is 0 Å². The Morgan fingerprint density at radius 2 is 2.30 bits per heavy atom. The number of nitrogens with zero attached hydrogens (tertiary/aromatic N) is 2. The molecule has 8 heteroatoms. The zero-order chi connectivity index (χ0) is 14.7. The Kier molecular flexibility index (Phi) is 3.74. The average molecular weight is 279 g/mol. The van der Waals surface area contributed by atoms with E-state index in [9.17, 15) is 19.3 Å². The highest BCUT2D eigenvalue weighted by atomic mass is 19.1. The number of hydrogen-bond donors (Lipinski definition) is 2. The summed E-state index contributed by atoms with van der Waals surface area (Å²) in [4.78, 5) is 24.6. The number of benzene rings is 1. The minimum absolute atomic E-state index is 0.00423. The van der Waals surface area contributed by atoms with Crippen molar-refractivity contribution in [2.24, 2.45) is 0 Å². The summed E-state index contributed by atoms with van der Waals surface area (Å²) < 4.78 is 13.9. The van der Waals surface area contributed by atoms with Crippen molar-refractivity contribution < 1.29 is 19.2 Å². The Hall–Kier alpha value is -2.77. The summed E-state index contributed by atoms with van der Waals surface area (Å²) in [5, 5.41) is 22.3. The molecule has 1 aromatic carbocycles. The van der Waals surface area contributed by atoms with Gasteiger partial charge < -0.3 is 10.4 Å². The molecule has 0 radical (unpaired) electrons. The van der Waals surface area contributed by atoms with Gasteiger partial charge in [0.25, 0.3) is 5.69 Å². The third-order valence-corrected chi connectivity index (χ3v) is 2.66. The summed E-state index contributed by atoms with van der Waals surface area (Å²) in [6.45, 7) is -0.00423. The van der Waals surface area contributed by atoms with Crippen molar-refractivity contribution in [3.63, 3.8) is 0 Å². The number of nitro groups is 1. The molecule has 0 atom stereocenters. The fourth-order valence-corrected chi connectivity index (χ4v) is 1.81. The van der Waals surface area contributed by atoms with Gasteiger partial charge in [0.15, 0.2) is 5.82 Å². The molecule has 2 rings (SSSR count). The van der Waals surface area contributed by atoms with Gasteiger partial charge in [-0.15, -0.1) is 0 Å². The van der Waals surface area contributed by atoms with Crippen molar-refractivity contribution in [3.8, 4) is 0 Å². The zero-order valence-corrected chi connectivity index (χ0v) is 10.2. The molecule has 1 heterocycles. The minimum Gasteiger partial charge on any atom is -0.481 e. The van der Waals surface area contributed by atoms with E-state index in [1.54, 1.807) is 0 Å². The molecule has 0 aliphatic carbocycles. The van der Waals surface area contributed by atoms with Crippen molar-refractivity contribution in [3.05, 3.63) is 40.3 Å². The first-order chi connectivity index (χ1) is 9.50. The van der Waals surface area contributed by atoms with Crippen LogP contribution in [0.2, 0.25) is 0 Å². The van der Waals surface area contributed by atoms with E-state index >= 15 is 0 Å². The van der Waals surface area contributed by atoms with Crippen LogP contribution in [0.4, 0.5) is 15.8 Å². The molecule has 2 N–H and O–H groups in total. The molecule has 7 nitrogen and oxygen atoms in total. The van der Waals surface area contributed by atoms with Crippen LogP contribution in [0.15, 0.2) is 24.4 Å². The fraction of sp³-hybridized carbons (Fsp3) is 0.167. The zero-order valence-electron chi connectivity index (χ0n) is 10.2. The monoisotopic (exact) mass is 279 g/mol. The topological polar surface area (TPSA) is 105 Å². The van der Waals surface area contributed by atoms with Crippen LogP contribution < -0.4 is 5.32 Å². The standard InChI is InChI=1S/C12H10FN3O4/c13-8-6-9(16(19)20)7-2-1-4-14-11(7)12(8)15-5-3-10(17)18/h1-2,4,6,15H,3,5H2,(H,17,18). The third-order valence-electron chi connectivity index (χ3n) is 2.66. The number of carboxylic acids is 1. The number of fused-ring (bicyclic) bond motifs is 1. The first-order valence-corrected chi connectivity index (χ1v) is 5.68. The number of hydrogen-bond acceptors (Lipinski definition) is 5. The van der Waals surface area contributed by atoms with E-state index in [0.717, 1.165) is 6.07 Å². The molecule has 104 valence electrons. The Bertz CT molecular complexity index is 690. The normalized spacial score (nSPS) is 10.4. The largest absolute Gasteiger partial charge is 0.481 e. The Labute approximate surface area is 112 Å². The third kappa shape index (κ3) is 2.63. The number of nitro benzene ring substituents is 1. The number of aromatic nitrogens is 1. The number of pyridine rings is 1. The van der Waals surface area contributed by atoms with Gasteiger partial charge in [-0.1, -0.05) is 0 Å². The van der Waals surface area contributed by atoms with E-state index in [1.165, 1.54) is 18.3 Å². The summed E-state index contributed by atoms with van der Waals surface area (Å²) in [6, 6.07) is 3.77. The number of rotatable bonds is 5. The number of nitrogens with one attached hydrogen (secondary N) is 1. The van der Waals surface area contributed by atoms with Crippen LogP contribution >= 0.6 is 0 Å². The van der Waals surface area contributed by atoms with Crippen molar-refractivity contribution in [2.75, 3.05) is 11.9 Å². The highest BCUT2D eigenvalue weighted by Crippen LogP contribution is 2.32. The minimum atomic E-state index is -1.03. The van der Waals surface area contributed by atoms with Crippen LogP contribution in [0, 0.1) is 15.9 Å². The molecule has 0 amide bonds. The van der Waals surface area contributed by atoms with Crippen LogP contribution in [-0.4, -0.2) is 27.5 Å². The predicted octanol–water partition coefficient (Wildman–Crippen LogP) is 2.17. The first kappa shape index (κ1) is 13.7. The molecule has 0 aliphatic heterocycles. The lowest BCUT2D eigenvalue weighted by atomic mass is 10.1. The van der Waals surface area contributed by atoms with E-state index in [0.29, 0.717) is 0 Å².